The van der Waals surface area contributed by atoms with E-state index < -0.39 is 0 Å². The first kappa shape index (κ1) is 23.3. The number of rotatable bonds is 8. The molecule has 4 rings (SSSR count). The molecule has 0 aliphatic carbocycles. The molecule has 6 nitrogen and oxygen atoms in total. The molecule has 8 heteroatoms. The lowest BCUT2D eigenvalue weighted by molar-refractivity contribution is -0.118. The highest BCUT2D eigenvalue weighted by Gasteiger charge is 2.15. The van der Waals surface area contributed by atoms with Gasteiger partial charge in [-0.1, -0.05) is 65.3 Å². The largest absolute Gasteiger partial charge is 0.355 e. The van der Waals surface area contributed by atoms with E-state index in [1.165, 1.54) is 22.9 Å². The van der Waals surface area contributed by atoms with Gasteiger partial charge in [-0.3, -0.25) is 4.79 Å². The normalized spacial score (nSPS) is 11.2. The predicted octanol–water partition coefficient (Wildman–Crippen LogP) is 4.74. The standard InChI is InChI=1S/C25H26ClN5OS/c1-16-4-6-20(7-5-16)14-22-17(2)28-24-29-25(30-31(24)18(22)3)33-15-23(32)27-13-12-19-8-10-21(26)11-9-19/h4-11H,12-15H2,1-3H3,(H,27,32). The van der Waals surface area contributed by atoms with Crippen molar-refractivity contribution in [2.24, 2.45) is 0 Å². The summed E-state index contributed by atoms with van der Waals surface area (Å²) in [5, 5.41) is 8.79. The highest BCUT2D eigenvalue weighted by Crippen LogP contribution is 2.21. The van der Waals surface area contributed by atoms with Gasteiger partial charge in [-0.25, -0.2) is 9.50 Å². The van der Waals surface area contributed by atoms with E-state index in [1.807, 2.05) is 38.1 Å². The Kier molecular flexibility index (Phi) is 7.30. The molecule has 0 radical (unpaired) electrons. The summed E-state index contributed by atoms with van der Waals surface area (Å²) in [5.41, 5.74) is 6.72. The van der Waals surface area contributed by atoms with Crippen LogP contribution in [0.25, 0.3) is 5.78 Å². The van der Waals surface area contributed by atoms with Crippen molar-refractivity contribution in [2.45, 2.75) is 38.8 Å². The van der Waals surface area contributed by atoms with Crippen LogP contribution in [0.15, 0.2) is 53.7 Å². The van der Waals surface area contributed by atoms with Gasteiger partial charge in [0.2, 0.25) is 11.1 Å². The second-order valence-electron chi connectivity index (χ2n) is 8.04. The molecule has 0 fully saturated rings. The second-order valence-corrected chi connectivity index (χ2v) is 9.42. The highest BCUT2D eigenvalue weighted by atomic mass is 35.5. The Labute approximate surface area is 202 Å². The van der Waals surface area contributed by atoms with Crippen LogP contribution in [0.1, 0.15) is 33.6 Å². The van der Waals surface area contributed by atoms with E-state index in [0.29, 0.717) is 22.5 Å². The van der Waals surface area contributed by atoms with Crippen LogP contribution in [0.5, 0.6) is 0 Å². The number of benzene rings is 2. The average molecular weight is 480 g/mol. The molecule has 0 aliphatic rings. The van der Waals surface area contributed by atoms with Gasteiger partial charge in [-0.2, -0.15) is 4.98 Å². The molecule has 1 N–H and O–H groups in total. The first-order valence-corrected chi connectivity index (χ1v) is 12.2. The molecule has 4 aromatic rings. The highest BCUT2D eigenvalue weighted by molar-refractivity contribution is 7.99. The molecule has 0 bridgehead atoms. The summed E-state index contributed by atoms with van der Waals surface area (Å²) in [6.07, 6.45) is 1.55. The number of aryl methyl sites for hydroxylation is 3. The molecule has 2 aromatic heterocycles. The zero-order valence-electron chi connectivity index (χ0n) is 18.9. The molecule has 0 unspecified atom stereocenters. The molecule has 0 atom stereocenters. The number of thioether (sulfide) groups is 1. The number of nitrogens with one attached hydrogen (secondary N) is 1. The molecule has 0 aliphatic heterocycles. The number of fused-ring (bicyclic) bond motifs is 1. The van der Waals surface area contributed by atoms with E-state index >= 15 is 0 Å². The molecule has 170 valence electrons. The van der Waals surface area contributed by atoms with Crippen molar-refractivity contribution in [1.82, 2.24) is 24.9 Å². The lowest BCUT2D eigenvalue weighted by atomic mass is 10.0. The molecule has 2 heterocycles. The molecule has 0 saturated heterocycles. The van der Waals surface area contributed by atoms with Crippen LogP contribution in [-0.2, 0) is 17.6 Å². The van der Waals surface area contributed by atoms with E-state index in [0.717, 1.165) is 35.4 Å². The van der Waals surface area contributed by atoms with Crippen molar-refractivity contribution in [1.29, 1.82) is 0 Å². The minimum atomic E-state index is -0.0475. The Morgan fingerprint density at radius 3 is 2.42 bits per heavy atom. The summed E-state index contributed by atoms with van der Waals surface area (Å²) in [6, 6.07) is 16.2. The van der Waals surface area contributed by atoms with E-state index in [-0.39, 0.29) is 11.7 Å². The number of halogens is 1. The maximum Gasteiger partial charge on any atom is 0.253 e. The Hall–Kier alpha value is -2.90. The van der Waals surface area contributed by atoms with Crippen LogP contribution in [0.2, 0.25) is 5.02 Å². The van der Waals surface area contributed by atoms with Crippen LogP contribution in [0.4, 0.5) is 0 Å². The van der Waals surface area contributed by atoms with E-state index in [2.05, 4.69) is 51.6 Å². The van der Waals surface area contributed by atoms with Crippen LogP contribution in [0, 0.1) is 20.8 Å². The van der Waals surface area contributed by atoms with Crippen molar-refractivity contribution in [3.05, 3.63) is 87.2 Å². The second kappa shape index (κ2) is 10.4. The fraction of sp³-hybridized carbons (Fsp3) is 0.280. The molecule has 1 amide bonds. The molecule has 0 spiro atoms. The topological polar surface area (TPSA) is 72.2 Å². The Bertz CT molecular complexity index is 1270. The zero-order valence-corrected chi connectivity index (χ0v) is 20.5. The van der Waals surface area contributed by atoms with Crippen molar-refractivity contribution in [3.8, 4) is 0 Å². The van der Waals surface area contributed by atoms with Crippen molar-refractivity contribution < 1.29 is 4.79 Å². The Morgan fingerprint density at radius 2 is 1.70 bits per heavy atom. The van der Waals surface area contributed by atoms with Gasteiger partial charge < -0.3 is 5.32 Å². The zero-order chi connectivity index (χ0) is 23.4. The monoisotopic (exact) mass is 479 g/mol. The maximum absolute atomic E-state index is 12.2. The summed E-state index contributed by atoms with van der Waals surface area (Å²) >= 11 is 7.22. The van der Waals surface area contributed by atoms with Gasteiger partial charge >= 0.3 is 0 Å². The number of carbonyl (C=O) groups is 1. The van der Waals surface area contributed by atoms with Crippen molar-refractivity contribution in [3.63, 3.8) is 0 Å². The van der Waals surface area contributed by atoms with Gasteiger partial charge in [0, 0.05) is 29.4 Å². The SMILES string of the molecule is Cc1ccc(Cc2c(C)nc3nc(SCC(=O)NCCc4ccc(Cl)cc4)nn3c2C)cc1. The quantitative estimate of drug-likeness (QED) is 0.369. The van der Waals surface area contributed by atoms with Crippen molar-refractivity contribution in [2.75, 3.05) is 12.3 Å². The van der Waals surface area contributed by atoms with Gasteiger partial charge in [0.25, 0.3) is 5.78 Å². The number of hydrogen-bond donors (Lipinski definition) is 1. The predicted molar refractivity (Wildman–Crippen MR) is 133 cm³/mol. The van der Waals surface area contributed by atoms with E-state index in [9.17, 15) is 4.79 Å². The van der Waals surface area contributed by atoms with E-state index in [4.69, 9.17) is 11.6 Å². The molecule has 33 heavy (non-hydrogen) atoms. The third-order valence-corrected chi connectivity index (χ3v) is 6.60. The smallest absolute Gasteiger partial charge is 0.253 e. The third kappa shape index (κ3) is 5.92. The summed E-state index contributed by atoms with van der Waals surface area (Å²) in [4.78, 5) is 21.4. The minimum absolute atomic E-state index is 0.0475. The lowest BCUT2D eigenvalue weighted by Crippen LogP contribution is -2.27. The van der Waals surface area contributed by atoms with Gasteiger partial charge in [-0.15, -0.1) is 5.10 Å². The number of amides is 1. The first-order chi connectivity index (χ1) is 15.9. The van der Waals surface area contributed by atoms with Crippen molar-refractivity contribution >= 4 is 35.0 Å². The third-order valence-electron chi connectivity index (χ3n) is 5.51. The number of hydrogen-bond acceptors (Lipinski definition) is 5. The van der Waals surface area contributed by atoms with Crippen LogP contribution >= 0.6 is 23.4 Å². The fourth-order valence-electron chi connectivity index (χ4n) is 3.60. The Balaban J connectivity index is 1.37. The molecular weight excluding hydrogens is 454 g/mol. The van der Waals surface area contributed by atoms with Gasteiger partial charge in [0.05, 0.1) is 5.75 Å². The molecule has 2 aromatic carbocycles. The van der Waals surface area contributed by atoms with Gasteiger partial charge in [-0.05, 0) is 56.0 Å². The number of aromatic nitrogens is 4. The minimum Gasteiger partial charge on any atom is -0.355 e. The van der Waals surface area contributed by atoms with Crippen LogP contribution in [-0.4, -0.2) is 37.8 Å². The Morgan fingerprint density at radius 1 is 1.00 bits per heavy atom. The summed E-state index contributed by atoms with van der Waals surface area (Å²) in [7, 11) is 0. The average Bonchev–Trinajstić information content (AvgIpc) is 3.21. The number of nitrogens with zero attached hydrogens (tertiary/aromatic N) is 4. The van der Waals surface area contributed by atoms with Gasteiger partial charge in [0.1, 0.15) is 0 Å². The summed E-state index contributed by atoms with van der Waals surface area (Å²) in [6.45, 7) is 6.70. The summed E-state index contributed by atoms with van der Waals surface area (Å²) < 4.78 is 1.78. The van der Waals surface area contributed by atoms with Crippen LogP contribution < -0.4 is 5.32 Å². The number of carbonyl (C=O) groups excluding carboxylic acids is 1. The molecule has 0 saturated carbocycles. The molecular formula is C25H26ClN5OS. The van der Waals surface area contributed by atoms with Gasteiger partial charge in [0.15, 0.2) is 0 Å². The lowest BCUT2D eigenvalue weighted by Gasteiger charge is -2.10. The fourth-order valence-corrected chi connectivity index (χ4v) is 4.37. The first-order valence-electron chi connectivity index (χ1n) is 10.8. The van der Waals surface area contributed by atoms with E-state index in [1.54, 1.807) is 4.52 Å². The van der Waals surface area contributed by atoms with Crippen LogP contribution in [0.3, 0.4) is 0 Å². The summed E-state index contributed by atoms with van der Waals surface area (Å²) in [5.74, 6) is 0.767. The maximum atomic E-state index is 12.2.